The van der Waals surface area contributed by atoms with Gasteiger partial charge in [0.25, 0.3) is 5.91 Å². The Morgan fingerprint density at radius 2 is 1.72 bits per heavy atom. The summed E-state index contributed by atoms with van der Waals surface area (Å²) in [5, 5.41) is 13.2. The van der Waals surface area contributed by atoms with Gasteiger partial charge >= 0.3 is 0 Å². The Kier molecular flexibility index (Phi) is 8.87. The number of hydrogen-bond acceptors (Lipinski definition) is 8. The summed E-state index contributed by atoms with van der Waals surface area (Å²) in [6.07, 6.45) is 1.24. The minimum atomic E-state index is -0.409. The molecule has 3 heterocycles. The number of nitrogens with one attached hydrogen (secondary N) is 1. The monoisotopic (exact) mass is 624 g/mol. The number of phenols is 1. The van der Waals surface area contributed by atoms with Crippen LogP contribution in [0.3, 0.4) is 0 Å². The fourth-order valence-corrected chi connectivity index (χ4v) is 6.00. The van der Waals surface area contributed by atoms with Crippen molar-refractivity contribution in [1.29, 1.82) is 0 Å². The largest absolute Gasteiger partial charge is 0.507 e. The van der Waals surface area contributed by atoms with Crippen LogP contribution in [0.4, 0.5) is 0 Å². The lowest BCUT2D eigenvalue weighted by molar-refractivity contribution is -0.132. The zero-order valence-electron chi connectivity index (χ0n) is 26.0. The summed E-state index contributed by atoms with van der Waals surface area (Å²) >= 11 is 0. The van der Waals surface area contributed by atoms with Crippen LogP contribution in [0.15, 0.2) is 72.8 Å². The van der Waals surface area contributed by atoms with Gasteiger partial charge in [0, 0.05) is 18.7 Å². The lowest BCUT2D eigenvalue weighted by Crippen LogP contribution is -2.41. The van der Waals surface area contributed by atoms with E-state index in [-0.39, 0.29) is 23.6 Å². The molecule has 0 saturated heterocycles. The molecule has 8 bridgehead atoms. The fraction of sp³-hybridized carbons (Fsp3) is 0.278. The standard InChI is InChI=1S/C36H36N2O8/c1-42-25-8-12-31(43-2)24(18-25)20-34(40)38-15-13-22-17-26-6-9-28(22)35(38)23-5-11-32(44-3)33(19-23)45-16-4-14-37-36(41)29-21-27(46-26)7-10-30(29)39/h5-12,17-19,21,35,39H,4,13-16,20H2,1-3H3,(H,37,41). The van der Waals surface area contributed by atoms with Gasteiger partial charge in [0.1, 0.15) is 28.7 Å². The summed E-state index contributed by atoms with van der Waals surface area (Å²) in [5.74, 6) is 2.75. The number of rotatable bonds is 5. The predicted octanol–water partition coefficient (Wildman–Crippen LogP) is 5.44. The summed E-state index contributed by atoms with van der Waals surface area (Å²) < 4.78 is 28.9. The van der Waals surface area contributed by atoms with Gasteiger partial charge in [-0.25, -0.2) is 0 Å². The topological polar surface area (TPSA) is 116 Å². The Labute approximate surface area is 267 Å². The van der Waals surface area contributed by atoms with Crippen LogP contribution < -0.4 is 29.0 Å². The van der Waals surface area contributed by atoms with Gasteiger partial charge in [-0.1, -0.05) is 12.1 Å². The van der Waals surface area contributed by atoms with Crippen LogP contribution in [0.1, 0.15) is 45.1 Å². The zero-order valence-corrected chi connectivity index (χ0v) is 26.0. The number of aromatic hydroxyl groups is 1. The van der Waals surface area contributed by atoms with Crippen LogP contribution >= 0.6 is 0 Å². The number of hydrogen-bond donors (Lipinski definition) is 2. The third kappa shape index (κ3) is 6.24. The average Bonchev–Trinajstić information content (AvgIpc) is 3.07. The molecule has 46 heavy (non-hydrogen) atoms. The first kappa shape index (κ1) is 30.6. The van der Waals surface area contributed by atoms with E-state index in [9.17, 15) is 14.7 Å². The van der Waals surface area contributed by atoms with E-state index in [1.807, 2.05) is 47.4 Å². The summed E-state index contributed by atoms with van der Waals surface area (Å²) in [6.45, 7) is 1.10. The maximum Gasteiger partial charge on any atom is 0.255 e. The van der Waals surface area contributed by atoms with Crippen LogP contribution in [0.5, 0.6) is 40.2 Å². The lowest BCUT2D eigenvalue weighted by atomic mass is 9.87. The van der Waals surface area contributed by atoms with E-state index in [1.54, 1.807) is 39.5 Å². The van der Waals surface area contributed by atoms with Crippen LogP contribution in [0.2, 0.25) is 0 Å². The first-order valence-electron chi connectivity index (χ1n) is 15.1. The molecule has 238 valence electrons. The highest BCUT2D eigenvalue weighted by atomic mass is 16.5. The minimum absolute atomic E-state index is 0.0599. The molecule has 2 N–H and O–H groups in total. The van der Waals surface area contributed by atoms with Crippen LogP contribution in [-0.2, 0) is 17.6 Å². The normalized spacial score (nSPS) is 15.8. The van der Waals surface area contributed by atoms with Gasteiger partial charge in [0.15, 0.2) is 11.5 Å². The number of ether oxygens (including phenoxy) is 5. The second-order valence-corrected chi connectivity index (χ2v) is 11.1. The fourth-order valence-electron chi connectivity index (χ4n) is 6.00. The second-order valence-electron chi connectivity index (χ2n) is 11.1. The van der Waals surface area contributed by atoms with Gasteiger partial charge in [0.2, 0.25) is 5.91 Å². The molecular formula is C36H36N2O8. The number of amides is 2. The molecule has 7 rings (SSSR count). The summed E-state index contributed by atoms with van der Waals surface area (Å²) in [5.41, 5.74) is 3.72. The smallest absolute Gasteiger partial charge is 0.255 e. The number of carbonyl (C=O) groups excluding carboxylic acids is 2. The SMILES string of the molecule is COc1ccc(OC)c(CC(=O)N2CCc3cc4ccc3C2c2ccc(OC)c(c2)OCCCNC(=O)c2cc(ccc2O)O4)c1. The molecule has 0 aliphatic carbocycles. The molecule has 1 unspecified atom stereocenters. The van der Waals surface area contributed by atoms with Gasteiger partial charge in [-0.15, -0.1) is 0 Å². The first-order valence-corrected chi connectivity index (χ1v) is 15.1. The number of benzene rings is 4. The van der Waals surface area contributed by atoms with Crippen LogP contribution in [0, 0.1) is 0 Å². The van der Waals surface area contributed by atoms with E-state index in [1.165, 1.54) is 12.1 Å². The maximum atomic E-state index is 14.1. The van der Waals surface area contributed by atoms with E-state index < -0.39 is 11.9 Å². The summed E-state index contributed by atoms with van der Waals surface area (Å²) in [7, 11) is 4.76. The van der Waals surface area contributed by atoms with Crippen molar-refractivity contribution in [2.45, 2.75) is 25.3 Å². The molecule has 10 heteroatoms. The molecule has 10 nitrogen and oxygen atoms in total. The van der Waals surface area contributed by atoms with E-state index in [4.69, 9.17) is 23.7 Å². The molecule has 3 aliphatic heterocycles. The molecule has 1 atom stereocenters. The van der Waals surface area contributed by atoms with Crippen molar-refractivity contribution in [3.8, 4) is 40.2 Å². The number of nitrogens with zero attached hydrogens (tertiary/aromatic N) is 1. The van der Waals surface area contributed by atoms with Gasteiger partial charge in [-0.2, -0.15) is 0 Å². The molecule has 3 aliphatic rings. The van der Waals surface area contributed by atoms with E-state index >= 15 is 0 Å². The van der Waals surface area contributed by atoms with Gasteiger partial charge in [-0.3, -0.25) is 9.59 Å². The number of methoxy groups -OCH3 is 3. The predicted molar refractivity (Wildman–Crippen MR) is 171 cm³/mol. The van der Waals surface area contributed by atoms with Crippen molar-refractivity contribution in [3.05, 3.63) is 101 Å². The van der Waals surface area contributed by atoms with Gasteiger partial charge in [0.05, 0.1) is 46.0 Å². The Morgan fingerprint density at radius 3 is 2.52 bits per heavy atom. The highest BCUT2D eigenvalue weighted by Crippen LogP contribution is 2.41. The molecular weight excluding hydrogens is 588 g/mol. The van der Waals surface area contributed by atoms with Crippen molar-refractivity contribution in [1.82, 2.24) is 10.2 Å². The molecule has 0 saturated carbocycles. The van der Waals surface area contributed by atoms with Crippen LogP contribution in [0.25, 0.3) is 0 Å². The average molecular weight is 625 g/mol. The molecule has 0 fully saturated rings. The number of carbonyl (C=O) groups is 2. The molecule has 0 radical (unpaired) electrons. The second kappa shape index (κ2) is 13.3. The van der Waals surface area contributed by atoms with Crippen molar-refractivity contribution in [2.75, 3.05) is 41.0 Å². The molecule has 4 aromatic carbocycles. The Hall–Kier alpha value is -5.38. The highest BCUT2D eigenvalue weighted by Gasteiger charge is 2.33. The van der Waals surface area contributed by atoms with E-state index in [0.29, 0.717) is 67.0 Å². The Balaban J connectivity index is 1.42. The Bertz CT molecular complexity index is 1770. The zero-order chi connectivity index (χ0) is 32.2. The lowest BCUT2D eigenvalue weighted by Gasteiger charge is -2.38. The van der Waals surface area contributed by atoms with Crippen molar-refractivity contribution >= 4 is 11.8 Å². The molecule has 2 amide bonds. The van der Waals surface area contributed by atoms with Crippen molar-refractivity contribution in [2.24, 2.45) is 0 Å². The maximum absolute atomic E-state index is 14.1. The molecule has 0 spiro atoms. The van der Waals surface area contributed by atoms with Crippen LogP contribution in [-0.4, -0.2) is 62.8 Å². The Morgan fingerprint density at radius 1 is 0.935 bits per heavy atom. The van der Waals surface area contributed by atoms with Gasteiger partial charge in [-0.05, 0) is 90.2 Å². The summed E-state index contributed by atoms with van der Waals surface area (Å²) in [6, 6.07) is 21.1. The van der Waals surface area contributed by atoms with E-state index in [2.05, 4.69) is 5.32 Å². The van der Waals surface area contributed by atoms with Crippen molar-refractivity contribution < 1.29 is 38.4 Å². The van der Waals surface area contributed by atoms with Gasteiger partial charge < -0.3 is 39.0 Å². The van der Waals surface area contributed by atoms with Crippen molar-refractivity contribution in [3.63, 3.8) is 0 Å². The summed E-state index contributed by atoms with van der Waals surface area (Å²) in [4.78, 5) is 28.9. The third-order valence-electron chi connectivity index (χ3n) is 8.31. The van der Waals surface area contributed by atoms with E-state index in [0.717, 1.165) is 22.3 Å². The first-order chi connectivity index (χ1) is 22.4. The highest BCUT2D eigenvalue weighted by molar-refractivity contribution is 5.97. The molecule has 0 aromatic heterocycles. The molecule has 4 aromatic rings. The number of phenolic OH excluding ortho intramolecular Hbond substituents is 1. The number of fused-ring (bicyclic) bond motifs is 6. The minimum Gasteiger partial charge on any atom is -0.507 e. The quantitative estimate of drug-likeness (QED) is 0.302. The third-order valence-corrected chi connectivity index (χ3v) is 8.31.